The molecule has 0 atom stereocenters. The number of nitrogens with zero attached hydrogens (tertiary/aromatic N) is 3. The number of aromatic nitrogens is 3. The van der Waals surface area contributed by atoms with Crippen LogP contribution in [0.5, 0.6) is 11.5 Å². The average Bonchev–Trinajstić information content (AvgIpc) is 3.21. The minimum absolute atomic E-state index is 0.413. The summed E-state index contributed by atoms with van der Waals surface area (Å²) in [5.74, 6) is 0.615. The molecule has 0 unspecified atom stereocenters. The number of methoxy groups -OCH3 is 2. The number of hydrogen-bond acceptors (Lipinski definition) is 6. The van der Waals surface area contributed by atoms with E-state index in [1.165, 1.54) is 37.6 Å². The molecule has 0 spiro atoms. The summed E-state index contributed by atoms with van der Waals surface area (Å²) in [4.78, 5) is 13.2. The quantitative estimate of drug-likeness (QED) is 0.282. The van der Waals surface area contributed by atoms with Crippen LogP contribution in [-0.2, 0) is 4.74 Å². The second kappa shape index (κ2) is 11.0. The molecule has 0 saturated heterocycles. The van der Waals surface area contributed by atoms with Crippen molar-refractivity contribution in [3.8, 4) is 17.2 Å². The van der Waals surface area contributed by atoms with Gasteiger partial charge >= 0.3 is 5.97 Å². The predicted octanol–water partition coefficient (Wildman–Crippen LogP) is 5.61. The predicted molar refractivity (Wildman–Crippen MR) is 121 cm³/mol. The van der Waals surface area contributed by atoms with Gasteiger partial charge in [0, 0.05) is 6.07 Å². The number of hydrogen-bond donors (Lipinski definition) is 0. The van der Waals surface area contributed by atoms with Crippen LogP contribution in [0.2, 0.25) is 5.02 Å². The SMILES string of the molecule is CCCCCCCCOc1c(Cl)cc(-n2nc3ccc(C(=O)OC)cc3n2)cc1OC. The molecule has 0 bridgehead atoms. The molecule has 3 aromatic rings. The van der Waals surface area contributed by atoms with E-state index in [2.05, 4.69) is 17.1 Å². The van der Waals surface area contributed by atoms with E-state index in [0.717, 1.165) is 12.8 Å². The van der Waals surface area contributed by atoms with Gasteiger partial charge in [0.15, 0.2) is 11.5 Å². The minimum Gasteiger partial charge on any atom is -0.493 e. The highest BCUT2D eigenvalue weighted by atomic mass is 35.5. The van der Waals surface area contributed by atoms with Crippen molar-refractivity contribution < 1.29 is 19.0 Å². The molecule has 1 aromatic heterocycles. The molecule has 7 nitrogen and oxygen atoms in total. The summed E-state index contributed by atoms with van der Waals surface area (Å²) in [6.45, 7) is 2.80. The average molecular weight is 446 g/mol. The topological polar surface area (TPSA) is 75.5 Å². The van der Waals surface area contributed by atoms with Crippen LogP contribution in [0.25, 0.3) is 16.7 Å². The first-order chi connectivity index (χ1) is 15.1. The lowest BCUT2D eigenvalue weighted by molar-refractivity contribution is 0.0601. The second-order valence-corrected chi connectivity index (χ2v) is 7.67. The van der Waals surface area contributed by atoms with Gasteiger partial charge in [-0.3, -0.25) is 0 Å². The van der Waals surface area contributed by atoms with Gasteiger partial charge in [0.2, 0.25) is 0 Å². The maximum Gasteiger partial charge on any atom is 0.337 e. The molecule has 0 saturated carbocycles. The summed E-state index contributed by atoms with van der Waals surface area (Å²) < 4.78 is 16.2. The van der Waals surface area contributed by atoms with Crippen LogP contribution in [0.3, 0.4) is 0 Å². The Morgan fingerprint density at radius 1 is 1.00 bits per heavy atom. The summed E-state index contributed by atoms with van der Waals surface area (Å²) in [7, 11) is 2.91. The van der Waals surface area contributed by atoms with Gasteiger partial charge in [-0.2, -0.15) is 4.80 Å². The van der Waals surface area contributed by atoms with Gasteiger partial charge in [0.25, 0.3) is 0 Å². The molecule has 8 heteroatoms. The fraction of sp³-hybridized carbons (Fsp3) is 0.435. The summed E-state index contributed by atoms with van der Waals surface area (Å²) in [5.41, 5.74) is 2.26. The fourth-order valence-electron chi connectivity index (χ4n) is 3.29. The normalized spacial score (nSPS) is 11.0. The van der Waals surface area contributed by atoms with Gasteiger partial charge in [0.05, 0.1) is 37.1 Å². The van der Waals surface area contributed by atoms with Gasteiger partial charge in [-0.05, 0) is 30.7 Å². The number of rotatable bonds is 11. The molecule has 0 N–H and O–H groups in total. The first-order valence-electron chi connectivity index (χ1n) is 10.5. The summed E-state index contributed by atoms with van der Waals surface area (Å²) in [5, 5.41) is 9.35. The zero-order valence-corrected chi connectivity index (χ0v) is 18.9. The summed E-state index contributed by atoms with van der Waals surface area (Å²) >= 11 is 6.49. The highest BCUT2D eigenvalue weighted by Gasteiger charge is 2.16. The van der Waals surface area contributed by atoms with Gasteiger partial charge < -0.3 is 14.2 Å². The van der Waals surface area contributed by atoms with Crippen molar-refractivity contribution >= 4 is 28.6 Å². The van der Waals surface area contributed by atoms with Crippen molar-refractivity contribution in [1.82, 2.24) is 15.0 Å². The van der Waals surface area contributed by atoms with E-state index in [4.69, 9.17) is 25.8 Å². The molecule has 1 heterocycles. The van der Waals surface area contributed by atoms with Crippen LogP contribution in [0.15, 0.2) is 30.3 Å². The van der Waals surface area contributed by atoms with Crippen LogP contribution < -0.4 is 9.47 Å². The van der Waals surface area contributed by atoms with E-state index < -0.39 is 5.97 Å². The Hall–Kier alpha value is -2.80. The lowest BCUT2D eigenvalue weighted by Crippen LogP contribution is -2.03. The number of unbranched alkanes of at least 4 members (excludes halogenated alkanes) is 5. The highest BCUT2D eigenvalue weighted by molar-refractivity contribution is 6.32. The molecule has 2 aromatic carbocycles. The Balaban J connectivity index is 1.75. The number of halogens is 1. The minimum atomic E-state index is -0.423. The smallest absolute Gasteiger partial charge is 0.337 e. The number of benzene rings is 2. The van der Waals surface area contributed by atoms with Gasteiger partial charge in [-0.1, -0.05) is 50.6 Å². The van der Waals surface area contributed by atoms with Crippen LogP contribution in [0.1, 0.15) is 55.8 Å². The van der Waals surface area contributed by atoms with E-state index in [0.29, 0.717) is 45.4 Å². The maximum atomic E-state index is 11.7. The summed E-state index contributed by atoms with van der Waals surface area (Å²) in [6.07, 6.45) is 7.11. The fourth-order valence-corrected chi connectivity index (χ4v) is 3.55. The number of carbonyl (C=O) groups excluding carboxylic acids is 1. The Labute approximate surface area is 187 Å². The van der Waals surface area contributed by atoms with E-state index in [1.54, 1.807) is 37.4 Å². The molecule has 31 heavy (non-hydrogen) atoms. The van der Waals surface area contributed by atoms with Crippen LogP contribution >= 0.6 is 11.6 Å². The van der Waals surface area contributed by atoms with Crippen molar-refractivity contribution in [2.75, 3.05) is 20.8 Å². The standard InChI is InChI=1S/C23H28ClN3O4/c1-4-5-6-7-8-9-12-31-22-18(24)14-17(15-21(22)29-2)27-25-19-11-10-16(23(28)30-3)13-20(19)26-27/h10-11,13-15H,4-9,12H2,1-3H3. The molecule has 0 fully saturated rings. The molecule has 0 aliphatic heterocycles. The lowest BCUT2D eigenvalue weighted by atomic mass is 10.1. The Morgan fingerprint density at radius 2 is 1.74 bits per heavy atom. The third-order valence-corrected chi connectivity index (χ3v) is 5.27. The molecule has 166 valence electrons. The van der Waals surface area contributed by atoms with Crippen molar-refractivity contribution in [2.24, 2.45) is 0 Å². The molecule has 0 aliphatic carbocycles. The van der Waals surface area contributed by atoms with E-state index in [-0.39, 0.29) is 0 Å². The summed E-state index contributed by atoms with van der Waals surface area (Å²) in [6, 6.07) is 8.53. The van der Waals surface area contributed by atoms with Crippen molar-refractivity contribution in [2.45, 2.75) is 45.4 Å². The van der Waals surface area contributed by atoms with Crippen molar-refractivity contribution in [1.29, 1.82) is 0 Å². The van der Waals surface area contributed by atoms with Gasteiger partial charge in [-0.25, -0.2) is 4.79 Å². The number of fused-ring (bicyclic) bond motifs is 1. The molecule has 0 aliphatic rings. The Morgan fingerprint density at radius 3 is 2.48 bits per heavy atom. The van der Waals surface area contributed by atoms with E-state index >= 15 is 0 Å². The zero-order chi connectivity index (χ0) is 22.2. The van der Waals surface area contributed by atoms with Gasteiger partial charge in [0.1, 0.15) is 11.0 Å². The third kappa shape index (κ3) is 5.67. The first-order valence-corrected chi connectivity index (χ1v) is 10.9. The van der Waals surface area contributed by atoms with Crippen LogP contribution in [-0.4, -0.2) is 41.8 Å². The monoisotopic (exact) mass is 445 g/mol. The van der Waals surface area contributed by atoms with Crippen molar-refractivity contribution in [3.05, 3.63) is 40.9 Å². The second-order valence-electron chi connectivity index (χ2n) is 7.26. The number of carbonyl (C=O) groups is 1. The maximum absolute atomic E-state index is 11.7. The molecule has 0 radical (unpaired) electrons. The highest BCUT2D eigenvalue weighted by Crippen LogP contribution is 2.37. The van der Waals surface area contributed by atoms with Crippen LogP contribution in [0, 0.1) is 0 Å². The largest absolute Gasteiger partial charge is 0.493 e. The van der Waals surface area contributed by atoms with Gasteiger partial charge in [-0.15, -0.1) is 10.2 Å². The van der Waals surface area contributed by atoms with Crippen molar-refractivity contribution in [3.63, 3.8) is 0 Å². The van der Waals surface area contributed by atoms with E-state index in [9.17, 15) is 4.79 Å². The molecule has 0 amide bonds. The lowest BCUT2D eigenvalue weighted by Gasteiger charge is -2.14. The molecular formula is C23H28ClN3O4. The Kier molecular flexibility index (Phi) is 8.12. The number of ether oxygens (including phenoxy) is 3. The number of esters is 1. The zero-order valence-electron chi connectivity index (χ0n) is 18.2. The third-order valence-electron chi connectivity index (χ3n) is 4.99. The molecular weight excluding hydrogens is 418 g/mol. The first kappa shape index (κ1) is 22.9. The molecule has 3 rings (SSSR count). The Bertz CT molecular complexity index is 1040. The van der Waals surface area contributed by atoms with Crippen LogP contribution in [0.4, 0.5) is 0 Å². The van der Waals surface area contributed by atoms with E-state index in [1.807, 2.05) is 0 Å².